The third kappa shape index (κ3) is 72.8. The van der Waals surface area contributed by atoms with Gasteiger partial charge in [-0.1, -0.05) is 344 Å². The highest BCUT2D eigenvalue weighted by Crippen LogP contribution is 2.43. The lowest BCUT2D eigenvalue weighted by atomic mass is 10.0. The van der Waals surface area contributed by atoms with E-state index >= 15 is 0 Å². The maximum absolute atomic E-state index is 12.9. The second-order valence-corrected chi connectivity index (χ2v) is 28.5. The Hall–Kier alpha value is -2.29. The summed E-state index contributed by atoms with van der Waals surface area (Å²) >= 11 is 0. The molecule has 88 heavy (non-hydrogen) atoms. The molecule has 0 amide bonds. The molecule has 0 aromatic carbocycles. The van der Waals surface area contributed by atoms with E-state index in [9.17, 15) is 19.0 Å². The standard InChI is InChI=1S/C78H146NO8P/c1-6-8-10-12-14-16-18-20-22-24-26-28-30-32-33-34-35-36-37-38-39-40-41-42-43-44-45-47-49-51-53-55-57-59-61-63-65-67-69-71-78(81)87-76(75-86-88(82,83)85-73-72-79(3,4)5)74-84-77(80)70-68-66-64-62-60-58-56-54-52-50-48-46-31-29-27-25-23-21-19-17-15-13-11-9-7-2/h8,10,14,16,20,22,25-28,76H,6-7,9,11-13,15,17-19,21,23-24,29-75H2,1-5H3/p+1/b10-8-,16-14-,22-20-,27-25-,28-26-. The van der Waals surface area contributed by atoms with Crippen molar-refractivity contribution in [2.24, 2.45) is 0 Å². The SMILES string of the molecule is CC/C=C\C/C=C\C/C=C\C/C=C\CCCCCCCCCCCCCCCCCCCCCCCCCCCCC(=O)OC(COC(=O)CCCCCCCCCCCCCCC/C=C\CCCCCCCCCC)COP(=O)(O)OCC[N+](C)(C)C. The molecule has 10 heteroatoms. The number of phosphoric acid groups is 1. The smallest absolute Gasteiger partial charge is 0.462 e. The van der Waals surface area contributed by atoms with Crippen molar-refractivity contribution >= 4 is 19.8 Å². The number of phosphoric ester groups is 1. The lowest BCUT2D eigenvalue weighted by molar-refractivity contribution is -0.870. The highest BCUT2D eigenvalue weighted by molar-refractivity contribution is 7.47. The van der Waals surface area contributed by atoms with E-state index in [4.69, 9.17) is 18.5 Å². The Labute approximate surface area is 546 Å². The van der Waals surface area contributed by atoms with Gasteiger partial charge < -0.3 is 18.9 Å². The van der Waals surface area contributed by atoms with Crippen molar-refractivity contribution in [3.05, 3.63) is 60.8 Å². The van der Waals surface area contributed by atoms with Crippen molar-refractivity contribution in [3.63, 3.8) is 0 Å². The minimum Gasteiger partial charge on any atom is -0.462 e. The van der Waals surface area contributed by atoms with Crippen molar-refractivity contribution in [2.75, 3.05) is 47.5 Å². The molecule has 0 aliphatic rings. The van der Waals surface area contributed by atoms with Crippen LogP contribution in [-0.2, 0) is 32.7 Å². The first-order valence-electron chi connectivity index (χ1n) is 38.0. The number of carbonyl (C=O) groups excluding carboxylic acids is 2. The van der Waals surface area contributed by atoms with Crippen LogP contribution in [0.25, 0.3) is 0 Å². The lowest BCUT2D eigenvalue weighted by Gasteiger charge is -2.24. The largest absolute Gasteiger partial charge is 0.472 e. The van der Waals surface area contributed by atoms with E-state index in [0.717, 1.165) is 57.8 Å². The molecule has 0 saturated heterocycles. The van der Waals surface area contributed by atoms with Gasteiger partial charge in [0.2, 0.25) is 0 Å². The molecule has 0 fully saturated rings. The number of rotatable bonds is 71. The summed E-state index contributed by atoms with van der Waals surface area (Å²) in [5.41, 5.74) is 0. The Balaban J connectivity index is 3.91. The Bertz CT molecular complexity index is 1670. The van der Waals surface area contributed by atoms with Crippen molar-refractivity contribution < 1.29 is 42.1 Å². The molecule has 0 radical (unpaired) electrons. The van der Waals surface area contributed by atoms with Gasteiger partial charge in [-0.05, 0) is 77.0 Å². The molecule has 0 aromatic heterocycles. The summed E-state index contributed by atoms with van der Waals surface area (Å²) in [6, 6.07) is 0. The second kappa shape index (κ2) is 69.1. The third-order valence-electron chi connectivity index (χ3n) is 17.0. The number of hydrogen-bond donors (Lipinski definition) is 1. The zero-order chi connectivity index (χ0) is 64.1. The van der Waals surface area contributed by atoms with Gasteiger partial charge in [-0.3, -0.25) is 18.6 Å². The monoisotopic (exact) mass is 1260 g/mol. The number of carbonyl (C=O) groups is 2. The van der Waals surface area contributed by atoms with Gasteiger partial charge in [0.25, 0.3) is 0 Å². The normalized spacial score (nSPS) is 13.4. The van der Waals surface area contributed by atoms with E-state index in [0.29, 0.717) is 23.9 Å². The Morgan fingerprint density at radius 1 is 0.364 bits per heavy atom. The zero-order valence-electron chi connectivity index (χ0n) is 59.0. The summed E-state index contributed by atoms with van der Waals surface area (Å²) in [4.78, 5) is 35.9. The van der Waals surface area contributed by atoms with Gasteiger partial charge in [0.15, 0.2) is 6.10 Å². The van der Waals surface area contributed by atoms with Crippen LogP contribution in [0.4, 0.5) is 0 Å². The molecule has 2 atom stereocenters. The minimum absolute atomic E-state index is 0.0340. The Kier molecular flexibility index (Phi) is 67.3. The van der Waals surface area contributed by atoms with Crippen LogP contribution in [0, 0.1) is 0 Å². The van der Waals surface area contributed by atoms with E-state index in [1.165, 1.54) is 283 Å². The van der Waals surface area contributed by atoms with Crippen LogP contribution < -0.4 is 0 Å². The lowest BCUT2D eigenvalue weighted by Crippen LogP contribution is -2.37. The fourth-order valence-corrected chi connectivity index (χ4v) is 12.0. The Morgan fingerprint density at radius 2 is 0.648 bits per heavy atom. The summed E-state index contributed by atoms with van der Waals surface area (Å²) in [5.74, 6) is -0.776. The van der Waals surface area contributed by atoms with Crippen molar-refractivity contribution in [2.45, 2.75) is 380 Å². The van der Waals surface area contributed by atoms with Crippen LogP contribution in [0.3, 0.4) is 0 Å². The molecule has 0 bridgehead atoms. The molecule has 2 unspecified atom stereocenters. The predicted molar refractivity (Wildman–Crippen MR) is 381 cm³/mol. The summed E-state index contributed by atoms with van der Waals surface area (Å²) < 4.78 is 34.8. The molecular weight excluding hydrogens is 1110 g/mol. The first-order chi connectivity index (χ1) is 43.0. The van der Waals surface area contributed by atoms with Crippen LogP contribution in [0.2, 0.25) is 0 Å². The van der Waals surface area contributed by atoms with Crippen molar-refractivity contribution in [1.82, 2.24) is 0 Å². The van der Waals surface area contributed by atoms with E-state index in [1.54, 1.807) is 0 Å². The fourth-order valence-electron chi connectivity index (χ4n) is 11.2. The third-order valence-corrected chi connectivity index (χ3v) is 18.0. The molecule has 0 rings (SSSR count). The van der Waals surface area contributed by atoms with Gasteiger partial charge in [0.05, 0.1) is 27.7 Å². The number of quaternary nitrogens is 1. The average Bonchev–Trinajstić information content (AvgIpc) is 3.68. The molecule has 0 aromatic rings. The van der Waals surface area contributed by atoms with Crippen LogP contribution >= 0.6 is 7.82 Å². The minimum atomic E-state index is -4.39. The molecule has 0 aliphatic carbocycles. The maximum Gasteiger partial charge on any atom is 0.472 e. The maximum atomic E-state index is 12.9. The first-order valence-corrected chi connectivity index (χ1v) is 39.5. The number of unbranched alkanes of at least 4 members (excludes halogenated alkanes) is 47. The zero-order valence-corrected chi connectivity index (χ0v) is 59.9. The summed E-state index contributed by atoms with van der Waals surface area (Å²) in [7, 11) is 1.50. The number of hydrogen-bond acceptors (Lipinski definition) is 7. The van der Waals surface area contributed by atoms with Gasteiger partial charge in [0.1, 0.15) is 19.8 Å². The summed E-state index contributed by atoms with van der Waals surface area (Å²) in [5, 5.41) is 0. The molecular formula is C78H147NO8P+. The molecule has 0 heterocycles. The van der Waals surface area contributed by atoms with Crippen LogP contribution in [-0.4, -0.2) is 74.9 Å². The topological polar surface area (TPSA) is 108 Å². The fraction of sp³-hybridized carbons (Fsp3) is 0.846. The number of nitrogens with zero attached hydrogens (tertiary/aromatic N) is 1. The van der Waals surface area contributed by atoms with Gasteiger partial charge in [-0.25, -0.2) is 4.57 Å². The first kappa shape index (κ1) is 85.7. The Morgan fingerprint density at radius 3 is 0.977 bits per heavy atom. The summed E-state index contributed by atoms with van der Waals surface area (Å²) in [6.07, 6.45) is 92.2. The van der Waals surface area contributed by atoms with Gasteiger partial charge in [-0.2, -0.15) is 0 Å². The number of likely N-dealkylation sites (N-methyl/N-ethyl adjacent to an activating group) is 1. The van der Waals surface area contributed by atoms with Crippen LogP contribution in [0.5, 0.6) is 0 Å². The number of esters is 2. The van der Waals surface area contributed by atoms with Gasteiger partial charge in [0, 0.05) is 12.8 Å². The molecule has 1 N–H and O–H groups in total. The molecule has 516 valence electrons. The van der Waals surface area contributed by atoms with Crippen molar-refractivity contribution in [1.29, 1.82) is 0 Å². The van der Waals surface area contributed by atoms with E-state index < -0.39 is 26.5 Å². The van der Waals surface area contributed by atoms with Gasteiger partial charge in [-0.15, -0.1) is 0 Å². The molecule has 0 spiro atoms. The number of allylic oxidation sites excluding steroid dienone is 10. The molecule has 9 nitrogen and oxygen atoms in total. The summed E-state index contributed by atoms with van der Waals surface area (Å²) in [6.45, 7) is 4.39. The second-order valence-electron chi connectivity index (χ2n) is 27.0. The average molecular weight is 1260 g/mol. The van der Waals surface area contributed by atoms with Crippen molar-refractivity contribution in [3.8, 4) is 0 Å². The van der Waals surface area contributed by atoms with Crippen LogP contribution in [0.15, 0.2) is 60.8 Å². The van der Waals surface area contributed by atoms with E-state index in [-0.39, 0.29) is 25.6 Å². The van der Waals surface area contributed by atoms with Crippen LogP contribution in [0.1, 0.15) is 373 Å². The quantitative estimate of drug-likeness (QED) is 0.0211. The van der Waals surface area contributed by atoms with E-state index in [2.05, 4.69) is 74.6 Å². The van der Waals surface area contributed by atoms with Gasteiger partial charge >= 0.3 is 19.8 Å². The molecule has 0 saturated carbocycles. The number of ether oxygens (including phenoxy) is 2. The highest BCUT2D eigenvalue weighted by atomic mass is 31.2. The van der Waals surface area contributed by atoms with E-state index in [1.807, 2.05) is 21.1 Å². The molecule has 0 aliphatic heterocycles. The predicted octanol–water partition coefficient (Wildman–Crippen LogP) is 24.9. The highest BCUT2D eigenvalue weighted by Gasteiger charge is 2.27.